The Balaban J connectivity index is 0.000000211. The second-order valence-corrected chi connectivity index (χ2v) is 11.3. The lowest BCUT2D eigenvalue weighted by molar-refractivity contribution is 0.00855. The van der Waals surface area contributed by atoms with Crippen LogP contribution in [0.3, 0.4) is 0 Å². The molecule has 2 unspecified atom stereocenters. The highest BCUT2D eigenvalue weighted by atomic mass is 16.6. The maximum absolute atomic E-state index is 12.3. The third kappa shape index (κ3) is 10.6. The van der Waals surface area contributed by atoms with Crippen LogP contribution in [0.5, 0.6) is 0 Å². The molecular formula is C29H48N4O2. The van der Waals surface area contributed by atoms with Crippen molar-refractivity contribution >= 4 is 6.09 Å². The van der Waals surface area contributed by atoms with Crippen LogP contribution >= 0.6 is 0 Å². The molecule has 1 aromatic rings. The Labute approximate surface area is 213 Å². The lowest BCUT2D eigenvalue weighted by atomic mass is 9.95. The SMILES string of the molecule is CC(C)(C)OC(=O)N1CCCCC1CCCC1C=CC=C1.c1cn(CCCC2CCCCN2)cn1. The summed E-state index contributed by atoms with van der Waals surface area (Å²) in [6, 6.07) is 1.13. The summed E-state index contributed by atoms with van der Waals surface area (Å²) in [5, 5.41) is 3.57. The molecule has 1 aliphatic carbocycles. The number of aryl methyl sites for hydroxylation is 1. The van der Waals surface area contributed by atoms with Crippen molar-refractivity contribution in [2.24, 2.45) is 5.92 Å². The molecule has 0 saturated carbocycles. The lowest BCUT2D eigenvalue weighted by Crippen LogP contribution is -2.46. The number of piperidine rings is 2. The number of carbonyl (C=O) groups excluding carboxylic acids is 1. The predicted octanol–water partition coefficient (Wildman–Crippen LogP) is 6.49. The number of nitrogens with one attached hydrogen (secondary N) is 1. The van der Waals surface area contributed by atoms with Crippen molar-refractivity contribution < 1.29 is 9.53 Å². The monoisotopic (exact) mass is 484 g/mol. The van der Waals surface area contributed by atoms with Gasteiger partial charge in [0.2, 0.25) is 0 Å². The van der Waals surface area contributed by atoms with Crippen molar-refractivity contribution in [3.05, 3.63) is 43.0 Å². The van der Waals surface area contributed by atoms with Gasteiger partial charge in [-0.25, -0.2) is 9.78 Å². The van der Waals surface area contributed by atoms with Gasteiger partial charge in [-0.1, -0.05) is 37.1 Å². The van der Waals surface area contributed by atoms with Gasteiger partial charge in [0.25, 0.3) is 0 Å². The van der Waals surface area contributed by atoms with E-state index in [0.717, 1.165) is 38.4 Å². The van der Waals surface area contributed by atoms with Gasteiger partial charge in [0.15, 0.2) is 0 Å². The summed E-state index contributed by atoms with van der Waals surface area (Å²) >= 11 is 0. The standard InChI is InChI=1S/C18H29NO2.C11H19N3/c1-18(2,3)21-17(20)19-14-7-6-12-16(19)13-8-11-15-9-4-5-10-15;1-2-6-13-11(4-1)5-3-8-14-9-7-12-10-14/h4-5,9-10,15-16H,6-8,11-14H2,1-3H3;7,9-11,13H,1-6,8H2. The molecule has 4 rings (SSSR count). The summed E-state index contributed by atoms with van der Waals surface area (Å²) in [7, 11) is 0. The van der Waals surface area contributed by atoms with Crippen molar-refractivity contribution in [3.8, 4) is 0 Å². The number of ether oxygens (including phenoxy) is 1. The van der Waals surface area contributed by atoms with Gasteiger partial charge < -0.3 is 19.5 Å². The highest BCUT2D eigenvalue weighted by Crippen LogP contribution is 2.25. The number of aromatic nitrogens is 2. The summed E-state index contributed by atoms with van der Waals surface area (Å²) < 4.78 is 7.71. The van der Waals surface area contributed by atoms with Crippen molar-refractivity contribution in [2.45, 2.75) is 116 Å². The van der Waals surface area contributed by atoms with Crippen LogP contribution in [0.15, 0.2) is 43.0 Å². The van der Waals surface area contributed by atoms with Gasteiger partial charge >= 0.3 is 6.09 Å². The Morgan fingerprint density at radius 1 is 1.03 bits per heavy atom. The number of amides is 1. The molecule has 1 aromatic heterocycles. The summed E-state index contributed by atoms with van der Waals surface area (Å²) in [5.41, 5.74) is -0.404. The van der Waals surface area contributed by atoms with E-state index in [4.69, 9.17) is 4.74 Å². The summed E-state index contributed by atoms with van der Waals surface area (Å²) in [5.74, 6) is 0.601. The molecule has 0 bridgehead atoms. The van der Waals surface area contributed by atoms with E-state index in [-0.39, 0.29) is 6.09 Å². The highest BCUT2D eigenvalue weighted by Gasteiger charge is 2.30. The van der Waals surface area contributed by atoms with Gasteiger partial charge in [0.05, 0.1) is 6.33 Å². The molecule has 2 aliphatic heterocycles. The first kappa shape index (κ1) is 27.5. The Morgan fingerprint density at radius 2 is 1.83 bits per heavy atom. The average molecular weight is 485 g/mol. The molecular weight excluding hydrogens is 436 g/mol. The number of imidazole rings is 1. The number of hydrogen-bond acceptors (Lipinski definition) is 4. The minimum absolute atomic E-state index is 0.132. The zero-order valence-corrected chi connectivity index (χ0v) is 22.3. The summed E-state index contributed by atoms with van der Waals surface area (Å²) in [6.45, 7) is 8.98. The van der Waals surface area contributed by atoms with Gasteiger partial charge in [0, 0.05) is 37.6 Å². The largest absolute Gasteiger partial charge is 0.444 e. The molecule has 2 saturated heterocycles. The summed E-state index contributed by atoms with van der Waals surface area (Å²) in [4.78, 5) is 18.3. The summed E-state index contributed by atoms with van der Waals surface area (Å²) in [6.07, 6.45) is 28.0. The topological polar surface area (TPSA) is 59.4 Å². The van der Waals surface area contributed by atoms with E-state index >= 15 is 0 Å². The molecule has 0 spiro atoms. The van der Waals surface area contributed by atoms with Crippen LogP contribution in [0.2, 0.25) is 0 Å². The minimum Gasteiger partial charge on any atom is -0.444 e. The van der Waals surface area contributed by atoms with Crippen LogP contribution in [0.25, 0.3) is 0 Å². The van der Waals surface area contributed by atoms with E-state index in [1.54, 1.807) is 0 Å². The number of rotatable bonds is 8. The van der Waals surface area contributed by atoms with E-state index in [9.17, 15) is 4.79 Å². The Morgan fingerprint density at radius 3 is 2.51 bits per heavy atom. The van der Waals surface area contributed by atoms with Crippen LogP contribution in [-0.2, 0) is 11.3 Å². The van der Waals surface area contributed by atoms with Crippen molar-refractivity contribution in [2.75, 3.05) is 13.1 Å². The third-order valence-electron chi connectivity index (χ3n) is 7.10. The van der Waals surface area contributed by atoms with Crippen molar-refractivity contribution in [1.82, 2.24) is 19.8 Å². The molecule has 196 valence electrons. The molecule has 0 radical (unpaired) electrons. The van der Waals surface area contributed by atoms with Crippen LogP contribution in [-0.4, -0.2) is 51.3 Å². The first-order chi connectivity index (χ1) is 16.9. The highest BCUT2D eigenvalue weighted by molar-refractivity contribution is 5.68. The second-order valence-electron chi connectivity index (χ2n) is 11.3. The van der Waals surface area contributed by atoms with Crippen molar-refractivity contribution in [1.29, 1.82) is 0 Å². The first-order valence-corrected chi connectivity index (χ1v) is 13.9. The molecule has 3 aliphatic rings. The molecule has 35 heavy (non-hydrogen) atoms. The molecule has 1 N–H and O–H groups in total. The number of allylic oxidation sites excluding steroid dienone is 4. The Bertz CT molecular complexity index is 763. The normalized spacial score (nSPS) is 22.7. The number of nitrogens with zero attached hydrogens (tertiary/aromatic N) is 3. The van der Waals surface area contributed by atoms with Gasteiger partial charge in [-0.3, -0.25) is 0 Å². The fourth-order valence-corrected chi connectivity index (χ4v) is 5.23. The molecule has 6 nitrogen and oxygen atoms in total. The van der Waals surface area contributed by atoms with E-state index < -0.39 is 5.60 Å². The fraction of sp³-hybridized carbons (Fsp3) is 0.724. The van der Waals surface area contributed by atoms with Crippen LogP contribution in [0, 0.1) is 5.92 Å². The molecule has 1 amide bonds. The third-order valence-corrected chi connectivity index (χ3v) is 7.10. The average Bonchev–Trinajstić information content (AvgIpc) is 3.54. The number of hydrogen-bond donors (Lipinski definition) is 1. The maximum atomic E-state index is 12.3. The smallest absolute Gasteiger partial charge is 0.410 e. The van der Waals surface area contributed by atoms with Crippen molar-refractivity contribution in [3.63, 3.8) is 0 Å². The minimum atomic E-state index is -0.404. The first-order valence-electron chi connectivity index (χ1n) is 13.9. The van der Waals surface area contributed by atoms with E-state index in [1.165, 1.54) is 57.9 Å². The predicted molar refractivity (Wildman–Crippen MR) is 143 cm³/mol. The molecule has 0 aromatic carbocycles. The zero-order valence-electron chi connectivity index (χ0n) is 22.3. The van der Waals surface area contributed by atoms with E-state index in [2.05, 4.69) is 39.2 Å². The van der Waals surface area contributed by atoms with Gasteiger partial charge in [-0.2, -0.15) is 0 Å². The van der Waals surface area contributed by atoms with Crippen LogP contribution < -0.4 is 5.32 Å². The lowest BCUT2D eigenvalue weighted by Gasteiger charge is -2.37. The maximum Gasteiger partial charge on any atom is 0.410 e. The zero-order chi connectivity index (χ0) is 24.9. The van der Waals surface area contributed by atoms with E-state index in [1.807, 2.05) is 44.4 Å². The van der Waals surface area contributed by atoms with Gasteiger partial charge in [-0.05, 0) is 91.0 Å². The Kier molecular flexibility index (Phi) is 11.4. The second kappa shape index (κ2) is 14.5. The molecule has 3 heterocycles. The number of likely N-dealkylation sites (tertiary alicyclic amines) is 1. The van der Waals surface area contributed by atoms with E-state index in [0.29, 0.717) is 12.0 Å². The molecule has 2 fully saturated rings. The fourth-order valence-electron chi connectivity index (χ4n) is 5.23. The van der Waals surface area contributed by atoms with Gasteiger partial charge in [0.1, 0.15) is 5.60 Å². The Hall–Kier alpha value is -2.08. The van der Waals surface area contributed by atoms with Crippen LogP contribution in [0.4, 0.5) is 4.79 Å². The van der Waals surface area contributed by atoms with Crippen LogP contribution in [0.1, 0.15) is 91.4 Å². The quantitative estimate of drug-likeness (QED) is 0.458. The van der Waals surface area contributed by atoms with Gasteiger partial charge in [-0.15, -0.1) is 0 Å². The molecule has 2 atom stereocenters. The number of carbonyl (C=O) groups is 1. The molecule has 6 heteroatoms.